The molecule has 0 aliphatic heterocycles. The number of nitro groups is 1. The van der Waals surface area contributed by atoms with E-state index in [1.54, 1.807) is 37.3 Å². The van der Waals surface area contributed by atoms with Gasteiger partial charge in [0.1, 0.15) is 0 Å². The number of esters is 1. The van der Waals surface area contributed by atoms with Crippen molar-refractivity contribution in [3.63, 3.8) is 0 Å². The van der Waals surface area contributed by atoms with Crippen LogP contribution in [0.5, 0.6) is 0 Å². The maximum Gasteiger partial charge on any atom is 0.305 e. The van der Waals surface area contributed by atoms with Gasteiger partial charge in [0.25, 0.3) is 5.69 Å². The van der Waals surface area contributed by atoms with Crippen molar-refractivity contribution in [2.45, 2.75) is 25.1 Å². The zero-order chi connectivity index (χ0) is 17.5. The second-order valence-electron chi connectivity index (χ2n) is 5.21. The molecule has 0 aliphatic rings. The Hall–Kier alpha value is -2.40. The summed E-state index contributed by atoms with van der Waals surface area (Å²) in [6, 6.07) is 13.9. The van der Waals surface area contributed by atoms with Gasteiger partial charge >= 0.3 is 5.97 Å². The summed E-state index contributed by atoms with van der Waals surface area (Å²) < 4.78 is 4.88. The van der Waals surface area contributed by atoms with Gasteiger partial charge < -0.3 is 4.74 Å². The number of benzene rings is 2. The molecule has 126 valence electrons. The fourth-order valence-electron chi connectivity index (χ4n) is 2.39. The molecular weight excluding hydrogens is 330 g/mol. The summed E-state index contributed by atoms with van der Waals surface area (Å²) in [6.45, 7) is 2.12. The van der Waals surface area contributed by atoms with Crippen molar-refractivity contribution in [1.82, 2.24) is 0 Å². The molecule has 0 spiro atoms. The van der Waals surface area contributed by atoms with Gasteiger partial charge in [-0.2, -0.15) is 0 Å². The Morgan fingerprint density at radius 3 is 2.50 bits per heavy atom. The standard InChI is InChI=1S/C18H18ClNO4/c1-2-24-18(21)12-11-16(19)14-9-7-13(8-10-14)15-5-3-4-6-17(15)20(22)23/h3-10,16H,2,11-12H2,1H3. The minimum atomic E-state index is -0.396. The lowest BCUT2D eigenvalue weighted by Crippen LogP contribution is -2.05. The maximum atomic E-state index is 11.4. The molecule has 0 bridgehead atoms. The number of para-hydroxylation sites is 1. The van der Waals surface area contributed by atoms with Crippen LogP contribution in [0.15, 0.2) is 48.5 Å². The summed E-state index contributed by atoms with van der Waals surface area (Å²) >= 11 is 6.31. The molecule has 0 amide bonds. The molecule has 0 aromatic heterocycles. The maximum absolute atomic E-state index is 11.4. The lowest BCUT2D eigenvalue weighted by molar-refractivity contribution is -0.384. The van der Waals surface area contributed by atoms with Gasteiger partial charge in [-0.05, 0) is 30.5 Å². The Morgan fingerprint density at radius 2 is 1.88 bits per heavy atom. The molecule has 0 N–H and O–H groups in total. The van der Waals surface area contributed by atoms with Gasteiger partial charge in [0.05, 0.1) is 22.5 Å². The number of halogens is 1. The van der Waals surface area contributed by atoms with E-state index < -0.39 is 4.92 Å². The van der Waals surface area contributed by atoms with Crippen molar-refractivity contribution in [2.75, 3.05) is 6.61 Å². The largest absolute Gasteiger partial charge is 0.466 e. The summed E-state index contributed by atoms with van der Waals surface area (Å²) in [4.78, 5) is 22.1. The second-order valence-corrected chi connectivity index (χ2v) is 5.73. The molecule has 0 saturated heterocycles. The number of nitro benzene ring substituents is 1. The highest BCUT2D eigenvalue weighted by atomic mass is 35.5. The fourth-order valence-corrected chi connectivity index (χ4v) is 2.65. The first-order chi connectivity index (χ1) is 11.5. The smallest absolute Gasteiger partial charge is 0.305 e. The van der Waals surface area contributed by atoms with Gasteiger partial charge in [-0.25, -0.2) is 0 Å². The highest BCUT2D eigenvalue weighted by Crippen LogP contribution is 2.32. The summed E-state index contributed by atoms with van der Waals surface area (Å²) in [5.74, 6) is -0.264. The van der Waals surface area contributed by atoms with E-state index in [2.05, 4.69) is 0 Å². The van der Waals surface area contributed by atoms with Crippen molar-refractivity contribution < 1.29 is 14.5 Å². The average Bonchev–Trinajstić information content (AvgIpc) is 2.60. The third-order valence-corrected chi connectivity index (χ3v) is 4.06. The van der Waals surface area contributed by atoms with Crippen LogP contribution in [0.2, 0.25) is 0 Å². The van der Waals surface area contributed by atoms with Crippen LogP contribution in [0.1, 0.15) is 30.7 Å². The van der Waals surface area contributed by atoms with E-state index in [1.165, 1.54) is 6.07 Å². The molecule has 0 aliphatic carbocycles. The number of ether oxygens (including phenoxy) is 1. The lowest BCUT2D eigenvalue weighted by atomic mass is 10.00. The molecule has 0 saturated carbocycles. The minimum Gasteiger partial charge on any atom is -0.466 e. The van der Waals surface area contributed by atoms with Crippen molar-refractivity contribution in [1.29, 1.82) is 0 Å². The van der Waals surface area contributed by atoms with Crippen molar-refractivity contribution >= 4 is 23.3 Å². The van der Waals surface area contributed by atoms with Gasteiger partial charge in [-0.1, -0.05) is 36.4 Å². The van der Waals surface area contributed by atoms with Gasteiger partial charge in [0.2, 0.25) is 0 Å². The van der Waals surface area contributed by atoms with Crippen LogP contribution in [-0.2, 0) is 9.53 Å². The Labute approximate surface area is 145 Å². The molecule has 1 unspecified atom stereocenters. The van der Waals surface area contributed by atoms with E-state index in [1.807, 2.05) is 12.1 Å². The van der Waals surface area contributed by atoms with E-state index in [9.17, 15) is 14.9 Å². The number of hydrogen-bond donors (Lipinski definition) is 0. The summed E-state index contributed by atoms with van der Waals surface area (Å²) in [7, 11) is 0. The topological polar surface area (TPSA) is 69.4 Å². The Morgan fingerprint density at radius 1 is 1.21 bits per heavy atom. The van der Waals surface area contributed by atoms with E-state index >= 15 is 0 Å². The predicted octanol–water partition coefficient (Wildman–Crippen LogP) is 4.89. The monoisotopic (exact) mass is 347 g/mol. The van der Waals surface area contributed by atoms with Crippen molar-refractivity contribution in [3.05, 3.63) is 64.2 Å². The Kier molecular flexibility index (Phi) is 6.32. The van der Waals surface area contributed by atoms with E-state index in [-0.39, 0.29) is 23.5 Å². The molecule has 1 atom stereocenters. The SMILES string of the molecule is CCOC(=O)CCC(Cl)c1ccc(-c2ccccc2[N+](=O)[O-])cc1. The third kappa shape index (κ3) is 4.55. The normalized spacial score (nSPS) is 11.8. The molecule has 2 rings (SSSR count). The molecule has 0 heterocycles. The Balaban J connectivity index is 2.11. The van der Waals surface area contributed by atoms with Crippen LogP contribution >= 0.6 is 11.6 Å². The molecule has 24 heavy (non-hydrogen) atoms. The van der Waals surface area contributed by atoms with Crippen LogP contribution in [0, 0.1) is 10.1 Å². The molecular formula is C18H18ClNO4. The molecule has 0 fully saturated rings. The summed E-state index contributed by atoms with van der Waals surface area (Å²) in [5.41, 5.74) is 2.24. The highest BCUT2D eigenvalue weighted by Gasteiger charge is 2.15. The first kappa shape index (κ1) is 17.9. The molecule has 5 nitrogen and oxygen atoms in total. The summed E-state index contributed by atoms with van der Waals surface area (Å²) in [5, 5.41) is 10.8. The number of hydrogen-bond acceptors (Lipinski definition) is 4. The third-order valence-electron chi connectivity index (χ3n) is 3.59. The van der Waals surface area contributed by atoms with Crippen LogP contribution in [0.3, 0.4) is 0 Å². The zero-order valence-corrected chi connectivity index (χ0v) is 14.0. The molecule has 2 aromatic rings. The first-order valence-electron chi connectivity index (χ1n) is 7.66. The number of rotatable bonds is 7. The first-order valence-corrected chi connectivity index (χ1v) is 8.10. The van der Waals surface area contributed by atoms with E-state index in [0.717, 1.165) is 11.1 Å². The van der Waals surface area contributed by atoms with E-state index in [4.69, 9.17) is 16.3 Å². The summed E-state index contributed by atoms with van der Waals surface area (Å²) in [6.07, 6.45) is 0.735. The number of alkyl halides is 1. The van der Waals surface area contributed by atoms with Crippen molar-refractivity contribution in [3.8, 4) is 11.1 Å². The number of nitrogens with zero attached hydrogens (tertiary/aromatic N) is 1. The Bertz CT molecular complexity index is 715. The van der Waals surface area contributed by atoms with Crippen LogP contribution in [0.25, 0.3) is 11.1 Å². The average molecular weight is 348 g/mol. The van der Waals surface area contributed by atoms with Crippen molar-refractivity contribution in [2.24, 2.45) is 0 Å². The second kappa shape index (κ2) is 8.45. The van der Waals surface area contributed by atoms with E-state index in [0.29, 0.717) is 18.6 Å². The van der Waals surface area contributed by atoms with Crippen LogP contribution in [0.4, 0.5) is 5.69 Å². The number of carbonyl (C=O) groups excluding carboxylic acids is 1. The van der Waals surface area contributed by atoms with Gasteiger partial charge in [-0.15, -0.1) is 11.6 Å². The number of carbonyl (C=O) groups is 1. The molecule has 2 aromatic carbocycles. The lowest BCUT2D eigenvalue weighted by Gasteiger charge is -2.10. The fraction of sp³-hybridized carbons (Fsp3) is 0.278. The zero-order valence-electron chi connectivity index (χ0n) is 13.3. The predicted molar refractivity (Wildman–Crippen MR) is 93.0 cm³/mol. The highest BCUT2D eigenvalue weighted by molar-refractivity contribution is 6.20. The van der Waals surface area contributed by atoms with Gasteiger partial charge in [0, 0.05) is 12.5 Å². The minimum absolute atomic E-state index is 0.0648. The van der Waals surface area contributed by atoms with Crippen LogP contribution < -0.4 is 0 Å². The van der Waals surface area contributed by atoms with Gasteiger partial charge in [0.15, 0.2) is 0 Å². The van der Waals surface area contributed by atoms with Crippen LogP contribution in [-0.4, -0.2) is 17.5 Å². The quantitative estimate of drug-likeness (QED) is 0.309. The van der Waals surface area contributed by atoms with Gasteiger partial charge in [-0.3, -0.25) is 14.9 Å². The molecule has 0 radical (unpaired) electrons. The molecule has 6 heteroatoms.